The summed E-state index contributed by atoms with van der Waals surface area (Å²) in [6.07, 6.45) is 12.3. The molecule has 1 aromatic rings. The van der Waals surface area contributed by atoms with Gasteiger partial charge in [-0.1, -0.05) is 24.1 Å². The number of likely N-dealkylation sites (tertiary alicyclic amines) is 1. The normalized spacial score (nSPS) is 32.3. The second-order valence-electron chi connectivity index (χ2n) is 7.19. The van der Waals surface area contributed by atoms with E-state index in [4.69, 9.17) is 11.2 Å². The van der Waals surface area contributed by atoms with Crippen LogP contribution in [0, 0.1) is 12.3 Å². The Morgan fingerprint density at radius 1 is 1.32 bits per heavy atom. The number of allylic oxidation sites excluding steroid dienone is 1. The second-order valence-corrected chi connectivity index (χ2v) is 7.19. The van der Waals surface area contributed by atoms with Crippen molar-refractivity contribution in [3.05, 3.63) is 53.3 Å². The first kappa shape index (κ1) is 14.8. The Morgan fingerprint density at radius 3 is 2.96 bits per heavy atom. The van der Waals surface area contributed by atoms with Crippen LogP contribution in [0.2, 0.25) is 0 Å². The van der Waals surface area contributed by atoms with Gasteiger partial charge in [-0.2, -0.15) is 0 Å². The van der Waals surface area contributed by atoms with Crippen molar-refractivity contribution < 1.29 is 9.53 Å². The fourth-order valence-corrected chi connectivity index (χ4v) is 5.59. The Labute approximate surface area is 147 Å². The molecule has 0 N–H and O–H groups in total. The summed E-state index contributed by atoms with van der Waals surface area (Å²) >= 11 is 0. The van der Waals surface area contributed by atoms with Crippen LogP contribution in [0.15, 0.2) is 47.7 Å². The molecule has 1 aliphatic carbocycles. The van der Waals surface area contributed by atoms with E-state index < -0.39 is 5.66 Å². The van der Waals surface area contributed by atoms with Gasteiger partial charge in [0.15, 0.2) is 0 Å². The molecule has 1 spiro atoms. The van der Waals surface area contributed by atoms with E-state index in [0.29, 0.717) is 13.0 Å². The van der Waals surface area contributed by atoms with Gasteiger partial charge in [0, 0.05) is 13.0 Å². The first-order valence-corrected chi connectivity index (χ1v) is 8.78. The summed E-state index contributed by atoms with van der Waals surface area (Å²) in [5.74, 6) is 3.88. The van der Waals surface area contributed by atoms with Crippen LogP contribution < -0.4 is 4.90 Å². The highest BCUT2D eigenvalue weighted by Crippen LogP contribution is 2.65. The zero-order valence-electron chi connectivity index (χ0n) is 14.3. The fraction of sp³-hybridized carbons (Fsp3) is 0.381. The van der Waals surface area contributed by atoms with Gasteiger partial charge in [-0.25, -0.2) is 0 Å². The zero-order valence-corrected chi connectivity index (χ0v) is 14.3. The number of methoxy groups -OCH3 is 1. The topological polar surface area (TPSA) is 32.8 Å². The average molecular weight is 332 g/mol. The maximum atomic E-state index is 13.1. The number of rotatable bonds is 2. The molecule has 2 atom stereocenters. The molecule has 2 fully saturated rings. The van der Waals surface area contributed by atoms with E-state index in [1.165, 1.54) is 11.1 Å². The zero-order chi connectivity index (χ0) is 17.2. The predicted molar refractivity (Wildman–Crippen MR) is 95.8 cm³/mol. The lowest BCUT2D eigenvalue weighted by Gasteiger charge is -2.54. The Kier molecular flexibility index (Phi) is 2.82. The first-order valence-electron chi connectivity index (χ1n) is 8.78. The van der Waals surface area contributed by atoms with E-state index in [-0.39, 0.29) is 11.3 Å². The molecule has 4 heteroatoms. The van der Waals surface area contributed by atoms with Crippen molar-refractivity contribution in [3.8, 4) is 12.3 Å². The highest BCUT2D eigenvalue weighted by atomic mass is 16.5. The lowest BCUT2D eigenvalue weighted by atomic mass is 9.65. The minimum absolute atomic E-state index is 0.185. The molecule has 0 saturated carbocycles. The van der Waals surface area contributed by atoms with Gasteiger partial charge in [-0.05, 0) is 42.2 Å². The molecule has 0 aromatic heterocycles. The third-order valence-corrected chi connectivity index (χ3v) is 6.33. The third kappa shape index (κ3) is 1.47. The van der Waals surface area contributed by atoms with Crippen LogP contribution in [0.4, 0.5) is 5.69 Å². The molecule has 0 radical (unpaired) electrons. The number of para-hydroxylation sites is 1. The Morgan fingerprint density at radius 2 is 2.16 bits per heavy atom. The molecule has 0 bridgehead atoms. The lowest BCUT2D eigenvalue weighted by Crippen LogP contribution is -2.68. The van der Waals surface area contributed by atoms with Gasteiger partial charge in [0.1, 0.15) is 11.4 Å². The molecule has 0 unspecified atom stereocenters. The summed E-state index contributed by atoms with van der Waals surface area (Å²) < 4.78 is 5.65. The molecule has 4 aliphatic rings. The number of benzene rings is 1. The number of hydrogen-bond donors (Lipinski definition) is 0. The van der Waals surface area contributed by atoms with Crippen LogP contribution in [0.1, 0.15) is 24.8 Å². The number of carbonyl (C=O) groups is 1. The molecule has 3 aliphatic heterocycles. The molecule has 25 heavy (non-hydrogen) atoms. The van der Waals surface area contributed by atoms with Gasteiger partial charge in [0.25, 0.3) is 0 Å². The molecule has 5 rings (SSSR count). The maximum absolute atomic E-state index is 13.1. The van der Waals surface area contributed by atoms with Gasteiger partial charge in [0.05, 0.1) is 24.8 Å². The van der Waals surface area contributed by atoms with Crippen molar-refractivity contribution in [1.82, 2.24) is 4.90 Å². The Bertz CT molecular complexity index is 893. The SMILES string of the molecule is C#CCN1CC[C@]23C=C(OC)C=C4CCC(=O)N(c5ccccc52)[C@]413. The van der Waals surface area contributed by atoms with Crippen LogP contribution in [-0.4, -0.2) is 36.7 Å². The van der Waals surface area contributed by atoms with Crippen molar-refractivity contribution in [2.75, 3.05) is 25.1 Å². The third-order valence-electron chi connectivity index (χ3n) is 6.33. The molecule has 1 amide bonds. The number of hydrogen-bond acceptors (Lipinski definition) is 3. The second kappa shape index (κ2) is 4.77. The molecule has 4 nitrogen and oxygen atoms in total. The summed E-state index contributed by atoms with van der Waals surface area (Å²) in [6.45, 7) is 1.40. The van der Waals surface area contributed by atoms with Crippen LogP contribution >= 0.6 is 0 Å². The number of fused-ring (bicyclic) bond motifs is 2. The van der Waals surface area contributed by atoms with Crippen molar-refractivity contribution in [2.45, 2.75) is 30.3 Å². The average Bonchev–Trinajstić information content (AvgIpc) is 3.09. The van der Waals surface area contributed by atoms with E-state index >= 15 is 0 Å². The summed E-state index contributed by atoms with van der Waals surface area (Å²) in [7, 11) is 1.72. The largest absolute Gasteiger partial charge is 0.497 e. The van der Waals surface area contributed by atoms with Crippen molar-refractivity contribution >= 4 is 11.6 Å². The summed E-state index contributed by atoms with van der Waals surface area (Å²) in [6, 6.07) is 8.30. The minimum atomic E-state index is -0.500. The van der Waals surface area contributed by atoms with Gasteiger partial charge < -0.3 is 4.74 Å². The van der Waals surface area contributed by atoms with E-state index in [0.717, 1.165) is 30.8 Å². The maximum Gasteiger partial charge on any atom is 0.229 e. The molecular formula is C21H20N2O2. The summed E-state index contributed by atoms with van der Waals surface area (Å²) in [5, 5.41) is 0. The minimum Gasteiger partial charge on any atom is -0.497 e. The quantitative estimate of drug-likeness (QED) is 0.781. The van der Waals surface area contributed by atoms with Crippen molar-refractivity contribution in [2.24, 2.45) is 0 Å². The molecule has 3 heterocycles. The molecule has 126 valence electrons. The predicted octanol–water partition coefficient (Wildman–Crippen LogP) is 2.57. The number of amides is 1. The number of carbonyl (C=O) groups excluding carboxylic acids is 1. The first-order chi connectivity index (χ1) is 12.2. The number of nitrogens with zero attached hydrogens (tertiary/aromatic N) is 2. The number of terminal acetylenes is 1. The van der Waals surface area contributed by atoms with E-state index in [1.54, 1.807) is 7.11 Å². The summed E-state index contributed by atoms with van der Waals surface area (Å²) in [5.41, 5.74) is 2.69. The van der Waals surface area contributed by atoms with Gasteiger partial charge >= 0.3 is 0 Å². The monoisotopic (exact) mass is 332 g/mol. The molecule has 1 aromatic carbocycles. The summed E-state index contributed by atoms with van der Waals surface area (Å²) in [4.78, 5) is 17.4. The Balaban J connectivity index is 1.88. The van der Waals surface area contributed by atoms with Gasteiger partial charge in [-0.3, -0.25) is 14.6 Å². The van der Waals surface area contributed by atoms with Crippen molar-refractivity contribution in [3.63, 3.8) is 0 Å². The Hall–Kier alpha value is -2.51. The lowest BCUT2D eigenvalue weighted by molar-refractivity contribution is -0.122. The van der Waals surface area contributed by atoms with Crippen LogP contribution in [0.25, 0.3) is 0 Å². The standard InChI is InChI=1S/C21H20N2O2/c1-3-11-22-12-10-20-14-16(25-2)13-15-8-9-19(24)23(21(15,20)22)18-7-5-4-6-17(18)20/h1,4-7,13-14H,8-12H2,2H3/t20-,21-/m0/s1. The van der Waals surface area contributed by atoms with Crippen LogP contribution in [-0.2, 0) is 14.9 Å². The molecular weight excluding hydrogens is 312 g/mol. The van der Waals surface area contributed by atoms with E-state index in [2.05, 4.69) is 41.2 Å². The number of ether oxygens (including phenoxy) is 1. The van der Waals surface area contributed by atoms with Gasteiger partial charge in [0.2, 0.25) is 5.91 Å². The smallest absolute Gasteiger partial charge is 0.229 e. The molecule has 2 saturated heterocycles. The van der Waals surface area contributed by atoms with Crippen molar-refractivity contribution in [1.29, 1.82) is 0 Å². The van der Waals surface area contributed by atoms with Crippen LogP contribution in [0.3, 0.4) is 0 Å². The number of piperidine rings is 1. The van der Waals surface area contributed by atoms with E-state index in [1.807, 2.05) is 11.0 Å². The number of anilines is 1. The van der Waals surface area contributed by atoms with E-state index in [9.17, 15) is 4.79 Å². The van der Waals surface area contributed by atoms with Crippen LogP contribution in [0.5, 0.6) is 0 Å². The fourth-order valence-electron chi connectivity index (χ4n) is 5.59. The van der Waals surface area contributed by atoms with Gasteiger partial charge in [-0.15, -0.1) is 6.42 Å². The highest BCUT2D eigenvalue weighted by Gasteiger charge is 2.71. The highest BCUT2D eigenvalue weighted by molar-refractivity contribution is 6.02.